The molecule has 0 saturated heterocycles. The summed E-state index contributed by atoms with van der Waals surface area (Å²) in [5, 5.41) is 8.80. The predicted molar refractivity (Wildman–Crippen MR) is 61.9 cm³/mol. The van der Waals surface area contributed by atoms with Gasteiger partial charge >= 0.3 is 5.97 Å². The summed E-state index contributed by atoms with van der Waals surface area (Å²) < 4.78 is 0. The van der Waals surface area contributed by atoms with Crippen molar-refractivity contribution in [2.45, 2.75) is 39.0 Å². The maximum Gasteiger partial charge on any atom is 0.327 e. The van der Waals surface area contributed by atoms with Crippen LogP contribution in [0.3, 0.4) is 0 Å². The molecular weight excluding hydrogens is 200 g/mol. The molecule has 0 spiro atoms. The summed E-state index contributed by atoms with van der Waals surface area (Å²) in [5.41, 5.74) is 0.172. The smallest absolute Gasteiger partial charge is 0.327 e. The van der Waals surface area contributed by atoms with Crippen molar-refractivity contribution in [3.05, 3.63) is 12.2 Å². The number of rotatable bonds is 2. The molecule has 16 heavy (non-hydrogen) atoms. The lowest BCUT2D eigenvalue weighted by molar-refractivity contribution is -0.131. The van der Waals surface area contributed by atoms with Gasteiger partial charge in [-0.15, -0.1) is 0 Å². The van der Waals surface area contributed by atoms with Gasteiger partial charge in [0.25, 0.3) is 0 Å². The van der Waals surface area contributed by atoms with E-state index >= 15 is 0 Å². The van der Waals surface area contributed by atoms with E-state index in [-0.39, 0.29) is 5.41 Å². The maximum atomic E-state index is 10.7. The zero-order chi connectivity index (χ0) is 11.3. The maximum absolute atomic E-state index is 10.7. The number of aliphatic carboxylic acids is 1. The lowest BCUT2D eigenvalue weighted by Crippen LogP contribution is -2.50. The number of hydrogen-bond acceptors (Lipinski definition) is 1. The molecule has 0 aromatic heterocycles. The highest BCUT2D eigenvalue weighted by Crippen LogP contribution is 2.62. The molecule has 0 unspecified atom stereocenters. The third-order valence-corrected chi connectivity index (χ3v) is 5.48. The second kappa shape index (κ2) is 3.35. The minimum Gasteiger partial charge on any atom is -0.478 e. The number of hydrogen-bond donors (Lipinski definition) is 1. The van der Waals surface area contributed by atoms with E-state index in [1.54, 1.807) is 0 Å². The molecule has 4 saturated carbocycles. The molecule has 0 atom stereocenters. The molecule has 0 aromatic carbocycles. The van der Waals surface area contributed by atoms with Gasteiger partial charge in [0.15, 0.2) is 0 Å². The van der Waals surface area contributed by atoms with Gasteiger partial charge < -0.3 is 5.11 Å². The fourth-order valence-corrected chi connectivity index (χ4v) is 4.72. The molecule has 0 aliphatic heterocycles. The first-order valence-electron chi connectivity index (χ1n) is 6.50. The van der Waals surface area contributed by atoms with E-state index in [4.69, 9.17) is 5.11 Å². The van der Waals surface area contributed by atoms with Gasteiger partial charge in [-0.05, 0) is 61.2 Å². The minimum atomic E-state index is -0.796. The molecule has 4 rings (SSSR count). The van der Waals surface area contributed by atoms with Crippen molar-refractivity contribution in [1.82, 2.24) is 0 Å². The van der Waals surface area contributed by atoms with Gasteiger partial charge in [0.2, 0.25) is 0 Å². The van der Waals surface area contributed by atoms with Crippen molar-refractivity contribution >= 4 is 5.97 Å². The lowest BCUT2D eigenvalue weighted by Gasteiger charge is -2.59. The van der Waals surface area contributed by atoms with E-state index in [9.17, 15) is 4.79 Å². The number of carbonyl (C=O) groups is 1. The van der Waals surface area contributed by atoms with Gasteiger partial charge in [0, 0.05) is 6.08 Å². The summed E-state index contributed by atoms with van der Waals surface area (Å²) >= 11 is 0. The Bertz CT molecular complexity index is 315. The first-order valence-corrected chi connectivity index (χ1v) is 6.50. The summed E-state index contributed by atoms with van der Waals surface area (Å²) in [5.74, 6) is 2.61. The quantitative estimate of drug-likeness (QED) is 0.726. The van der Waals surface area contributed by atoms with Crippen LogP contribution in [0, 0.1) is 29.1 Å². The molecule has 4 bridgehead atoms. The van der Waals surface area contributed by atoms with Crippen molar-refractivity contribution in [2.75, 3.05) is 0 Å². The van der Waals surface area contributed by atoms with Crippen LogP contribution in [-0.2, 0) is 4.79 Å². The molecule has 88 valence electrons. The summed E-state index contributed by atoms with van der Waals surface area (Å²) in [6, 6.07) is 0. The SMILES string of the molecule is CC1(C=CC(=O)O)C2CC3CC(C2)CC1C3. The van der Waals surface area contributed by atoms with Gasteiger partial charge in [-0.1, -0.05) is 13.0 Å². The standard InChI is InChI=1S/C14H20O2/c1-14(3-2-13(15)16)11-5-9-4-10(7-11)8-12(14)6-9/h2-3,9-12H,4-8H2,1H3,(H,15,16). The normalized spacial score (nSPS) is 50.1. The monoisotopic (exact) mass is 220 g/mol. The molecule has 0 amide bonds. The van der Waals surface area contributed by atoms with Crippen LogP contribution < -0.4 is 0 Å². The van der Waals surface area contributed by atoms with Crippen LogP contribution in [0.5, 0.6) is 0 Å². The van der Waals surface area contributed by atoms with Crippen LogP contribution >= 0.6 is 0 Å². The highest BCUT2D eigenvalue weighted by molar-refractivity contribution is 5.79. The largest absolute Gasteiger partial charge is 0.478 e. The van der Waals surface area contributed by atoms with E-state index in [1.807, 2.05) is 6.08 Å². The molecular formula is C14H20O2. The molecule has 2 heteroatoms. The fourth-order valence-electron chi connectivity index (χ4n) is 4.72. The molecule has 2 nitrogen and oxygen atoms in total. The number of allylic oxidation sites excluding steroid dienone is 1. The van der Waals surface area contributed by atoms with E-state index < -0.39 is 5.97 Å². The van der Waals surface area contributed by atoms with Crippen molar-refractivity contribution < 1.29 is 9.90 Å². The van der Waals surface area contributed by atoms with Crippen LogP contribution in [0.4, 0.5) is 0 Å². The second-order valence-corrected chi connectivity index (χ2v) is 6.34. The third kappa shape index (κ3) is 1.42. The van der Waals surface area contributed by atoms with Gasteiger partial charge in [0.05, 0.1) is 0 Å². The lowest BCUT2D eigenvalue weighted by atomic mass is 9.46. The van der Waals surface area contributed by atoms with Gasteiger partial charge in [-0.25, -0.2) is 4.79 Å². The molecule has 0 radical (unpaired) electrons. The highest BCUT2D eigenvalue weighted by Gasteiger charge is 2.53. The van der Waals surface area contributed by atoms with E-state index in [0.29, 0.717) is 0 Å². The molecule has 0 heterocycles. The predicted octanol–water partition coefficient (Wildman–Crippen LogP) is 3.09. The summed E-state index contributed by atoms with van der Waals surface area (Å²) in [7, 11) is 0. The summed E-state index contributed by atoms with van der Waals surface area (Å²) in [6.45, 7) is 2.29. The Kier molecular flexibility index (Phi) is 2.17. The summed E-state index contributed by atoms with van der Waals surface area (Å²) in [4.78, 5) is 10.7. The van der Waals surface area contributed by atoms with Gasteiger partial charge in [-0.3, -0.25) is 0 Å². The van der Waals surface area contributed by atoms with Crippen LogP contribution in [0.15, 0.2) is 12.2 Å². The van der Waals surface area contributed by atoms with Crippen molar-refractivity contribution in [2.24, 2.45) is 29.1 Å². The fraction of sp³-hybridized carbons (Fsp3) is 0.786. The Balaban J connectivity index is 1.87. The van der Waals surface area contributed by atoms with Crippen LogP contribution in [0.1, 0.15) is 39.0 Å². The average molecular weight is 220 g/mol. The molecule has 4 aliphatic rings. The Labute approximate surface area is 96.7 Å². The first-order chi connectivity index (χ1) is 7.58. The zero-order valence-corrected chi connectivity index (χ0v) is 9.86. The molecule has 0 aromatic rings. The van der Waals surface area contributed by atoms with Crippen LogP contribution in [-0.4, -0.2) is 11.1 Å². The molecule has 4 aliphatic carbocycles. The molecule has 1 N–H and O–H groups in total. The van der Waals surface area contributed by atoms with Gasteiger partial charge in [-0.2, -0.15) is 0 Å². The third-order valence-electron chi connectivity index (χ3n) is 5.48. The highest BCUT2D eigenvalue weighted by atomic mass is 16.4. The topological polar surface area (TPSA) is 37.3 Å². The van der Waals surface area contributed by atoms with Crippen molar-refractivity contribution in [1.29, 1.82) is 0 Å². The Morgan fingerprint density at radius 3 is 2.06 bits per heavy atom. The van der Waals surface area contributed by atoms with E-state index in [1.165, 1.54) is 38.2 Å². The Morgan fingerprint density at radius 2 is 1.62 bits per heavy atom. The number of carboxylic acid groups (broad SMARTS) is 1. The number of carboxylic acids is 1. The Hall–Kier alpha value is -0.790. The minimum absolute atomic E-state index is 0.172. The van der Waals surface area contributed by atoms with Crippen molar-refractivity contribution in [3.63, 3.8) is 0 Å². The average Bonchev–Trinajstić information content (AvgIpc) is 2.22. The first kappa shape index (κ1) is 10.4. The van der Waals surface area contributed by atoms with Gasteiger partial charge in [0.1, 0.15) is 0 Å². The summed E-state index contributed by atoms with van der Waals surface area (Å²) in [6.07, 6.45) is 10.2. The second-order valence-electron chi connectivity index (χ2n) is 6.34. The van der Waals surface area contributed by atoms with E-state index in [2.05, 4.69) is 6.92 Å². The molecule has 4 fully saturated rings. The Morgan fingerprint density at radius 1 is 1.12 bits per heavy atom. The van der Waals surface area contributed by atoms with Crippen LogP contribution in [0.25, 0.3) is 0 Å². The van der Waals surface area contributed by atoms with E-state index in [0.717, 1.165) is 23.7 Å². The zero-order valence-electron chi connectivity index (χ0n) is 9.86. The van der Waals surface area contributed by atoms with Crippen molar-refractivity contribution in [3.8, 4) is 0 Å². The van der Waals surface area contributed by atoms with Crippen LogP contribution in [0.2, 0.25) is 0 Å².